The molecule has 0 radical (unpaired) electrons. The van der Waals surface area contributed by atoms with Gasteiger partial charge in [0.15, 0.2) is 6.29 Å². The summed E-state index contributed by atoms with van der Waals surface area (Å²) in [6, 6.07) is 16.2. The van der Waals surface area contributed by atoms with Crippen LogP contribution in [0.15, 0.2) is 58.3 Å². The van der Waals surface area contributed by atoms with Gasteiger partial charge in [-0.3, -0.25) is 4.79 Å². The summed E-state index contributed by atoms with van der Waals surface area (Å²) >= 11 is 1.63. The van der Waals surface area contributed by atoms with Crippen molar-refractivity contribution < 1.29 is 4.79 Å². The first-order valence-corrected chi connectivity index (χ1v) is 7.15. The zero-order valence-corrected chi connectivity index (χ0v) is 12.3. The van der Waals surface area contributed by atoms with Crippen LogP contribution >= 0.6 is 11.8 Å². The van der Waals surface area contributed by atoms with E-state index in [0.717, 1.165) is 21.6 Å². The smallest absolute Gasteiger partial charge is 0.151 e. The monoisotopic (exact) mass is 270 g/mol. The second-order valence-corrected chi connectivity index (χ2v) is 6.65. The van der Waals surface area contributed by atoms with Crippen LogP contribution in [0.5, 0.6) is 0 Å². The van der Waals surface area contributed by atoms with Gasteiger partial charge >= 0.3 is 0 Å². The third-order valence-electron chi connectivity index (χ3n) is 2.99. The van der Waals surface area contributed by atoms with Crippen LogP contribution in [-0.2, 0) is 5.41 Å². The molecule has 0 fully saturated rings. The fourth-order valence-electron chi connectivity index (χ4n) is 1.82. The molecule has 0 aromatic heterocycles. The lowest BCUT2D eigenvalue weighted by molar-refractivity contribution is 0.112. The van der Waals surface area contributed by atoms with Crippen LogP contribution in [-0.4, -0.2) is 6.29 Å². The summed E-state index contributed by atoms with van der Waals surface area (Å²) in [5, 5.41) is 0. The van der Waals surface area contributed by atoms with E-state index in [1.54, 1.807) is 11.8 Å². The number of hydrogen-bond acceptors (Lipinski definition) is 2. The summed E-state index contributed by atoms with van der Waals surface area (Å²) in [5.41, 5.74) is 2.23. The second kappa shape index (κ2) is 5.62. The highest BCUT2D eigenvalue weighted by molar-refractivity contribution is 7.99. The molecule has 0 aliphatic heterocycles. The maximum atomic E-state index is 11.0. The van der Waals surface area contributed by atoms with Gasteiger partial charge in [0.05, 0.1) is 0 Å². The minimum atomic E-state index is 0.171. The molecule has 0 saturated heterocycles. The van der Waals surface area contributed by atoms with Crippen LogP contribution in [0.1, 0.15) is 36.7 Å². The van der Waals surface area contributed by atoms with Gasteiger partial charge in [-0.25, -0.2) is 0 Å². The summed E-state index contributed by atoms with van der Waals surface area (Å²) in [4.78, 5) is 13.1. The van der Waals surface area contributed by atoms with E-state index in [1.165, 1.54) is 5.56 Å². The molecule has 0 heterocycles. The van der Waals surface area contributed by atoms with Crippen molar-refractivity contribution >= 4 is 18.0 Å². The number of benzene rings is 2. The van der Waals surface area contributed by atoms with Crippen LogP contribution < -0.4 is 0 Å². The quantitative estimate of drug-likeness (QED) is 0.734. The molecule has 0 aliphatic rings. The third kappa shape index (κ3) is 3.48. The van der Waals surface area contributed by atoms with Crippen molar-refractivity contribution in [1.29, 1.82) is 0 Å². The van der Waals surface area contributed by atoms with Gasteiger partial charge in [-0.05, 0) is 29.2 Å². The van der Waals surface area contributed by atoms with Gasteiger partial charge in [0, 0.05) is 15.4 Å². The maximum Gasteiger partial charge on any atom is 0.151 e. The van der Waals surface area contributed by atoms with Gasteiger partial charge < -0.3 is 0 Å². The Morgan fingerprint density at radius 2 is 1.58 bits per heavy atom. The second-order valence-electron chi connectivity index (χ2n) is 5.53. The minimum absolute atomic E-state index is 0.171. The molecule has 19 heavy (non-hydrogen) atoms. The maximum absolute atomic E-state index is 11.0. The zero-order chi connectivity index (χ0) is 13.9. The first kappa shape index (κ1) is 13.9. The highest BCUT2D eigenvalue weighted by atomic mass is 32.2. The Bertz CT molecular complexity index is 565. The van der Waals surface area contributed by atoms with Crippen molar-refractivity contribution in [3.05, 3.63) is 59.7 Å². The molecule has 0 spiro atoms. The predicted octanol–water partition coefficient (Wildman–Crippen LogP) is 4.95. The van der Waals surface area contributed by atoms with Crippen molar-refractivity contribution in [1.82, 2.24) is 0 Å². The molecule has 2 aromatic carbocycles. The number of hydrogen-bond donors (Lipinski definition) is 0. The summed E-state index contributed by atoms with van der Waals surface area (Å²) in [6.45, 7) is 6.62. The Morgan fingerprint density at radius 3 is 2.16 bits per heavy atom. The Labute approximate surface area is 119 Å². The lowest BCUT2D eigenvalue weighted by Gasteiger charge is -2.19. The average Bonchev–Trinajstić information content (AvgIpc) is 2.39. The summed E-state index contributed by atoms with van der Waals surface area (Å²) in [5.74, 6) is 0. The van der Waals surface area contributed by atoms with E-state index in [1.807, 2.05) is 24.3 Å². The first-order valence-electron chi connectivity index (χ1n) is 6.33. The van der Waals surface area contributed by atoms with Crippen LogP contribution in [0.25, 0.3) is 0 Å². The molecule has 2 rings (SSSR count). The van der Waals surface area contributed by atoms with Crippen LogP contribution in [0.4, 0.5) is 0 Å². The van der Waals surface area contributed by atoms with Crippen molar-refractivity contribution in [2.45, 2.75) is 36.0 Å². The fraction of sp³-hybridized carbons (Fsp3) is 0.235. The fourth-order valence-corrected chi connectivity index (χ4v) is 2.73. The summed E-state index contributed by atoms with van der Waals surface area (Å²) in [6.07, 6.45) is 0.909. The number of aldehydes is 1. The number of rotatable bonds is 3. The molecule has 0 saturated carbocycles. The Morgan fingerprint density at radius 1 is 0.947 bits per heavy atom. The van der Waals surface area contributed by atoms with Crippen molar-refractivity contribution in [2.75, 3.05) is 0 Å². The molecule has 0 bridgehead atoms. The normalized spacial score (nSPS) is 11.3. The molecular weight excluding hydrogens is 252 g/mol. The van der Waals surface area contributed by atoms with E-state index in [0.29, 0.717) is 0 Å². The summed E-state index contributed by atoms with van der Waals surface area (Å²) in [7, 11) is 0. The van der Waals surface area contributed by atoms with Gasteiger partial charge in [-0.15, -0.1) is 0 Å². The zero-order valence-electron chi connectivity index (χ0n) is 11.5. The Kier molecular flexibility index (Phi) is 4.11. The molecule has 0 unspecified atom stereocenters. The minimum Gasteiger partial charge on any atom is -0.298 e. The average molecular weight is 270 g/mol. The highest BCUT2D eigenvalue weighted by Crippen LogP contribution is 2.31. The van der Waals surface area contributed by atoms with Crippen LogP contribution in [0, 0.1) is 0 Å². The molecule has 1 nitrogen and oxygen atoms in total. The van der Waals surface area contributed by atoms with E-state index < -0.39 is 0 Å². The van der Waals surface area contributed by atoms with Crippen molar-refractivity contribution in [2.24, 2.45) is 0 Å². The van der Waals surface area contributed by atoms with Gasteiger partial charge in [0.25, 0.3) is 0 Å². The first-order chi connectivity index (χ1) is 9.00. The number of carbonyl (C=O) groups is 1. The molecule has 0 amide bonds. The Hall–Kier alpha value is -1.54. The molecule has 0 aliphatic carbocycles. The largest absolute Gasteiger partial charge is 0.298 e. The molecule has 0 atom stereocenters. The van der Waals surface area contributed by atoms with E-state index in [-0.39, 0.29) is 5.41 Å². The molecule has 2 aromatic rings. The number of carbonyl (C=O) groups excluding carboxylic acids is 1. The summed E-state index contributed by atoms with van der Waals surface area (Å²) < 4.78 is 0. The molecular formula is C17H18OS. The van der Waals surface area contributed by atoms with E-state index >= 15 is 0 Å². The lowest BCUT2D eigenvalue weighted by Crippen LogP contribution is -2.10. The standard InChI is InChI=1S/C17H18OS/c1-17(2,3)14-8-10-15(11-9-14)19-16-7-5-4-6-13(16)12-18/h4-12H,1-3H3. The SMILES string of the molecule is CC(C)(C)c1ccc(Sc2ccccc2C=O)cc1. The molecule has 98 valence electrons. The van der Waals surface area contributed by atoms with E-state index in [4.69, 9.17) is 0 Å². The van der Waals surface area contributed by atoms with E-state index in [9.17, 15) is 4.79 Å². The van der Waals surface area contributed by atoms with Crippen molar-refractivity contribution in [3.63, 3.8) is 0 Å². The lowest BCUT2D eigenvalue weighted by atomic mass is 9.87. The van der Waals surface area contributed by atoms with Crippen molar-refractivity contribution in [3.8, 4) is 0 Å². The Balaban J connectivity index is 2.22. The topological polar surface area (TPSA) is 17.1 Å². The van der Waals surface area contributed by atoms with Crippen LogP contribution in [0.2, 0.25) is 0 Å². The van der Waals surface area contributed by atoms with Crippen LogP contribution in [0.3, 0.4) is 0 Å². The molecule has 2 heteroatoms. The molecule has 0 N–H and O–H groups in total. The highest BCUT2D eigenvalue weighted by Gasteiger charge is 2.13. The van der Waals surface area contributed by atoms with Gasteiger partial charge in [0.2, 0.25) is 0 Å². The predicted molar refractivity (Wildman–Crippen MR) is 81.1 cm³/mol. The van der Waals surface area contributed by atoms with Gasteiger partial charge in [0.1, 0.15) is 0 Å². The van der Waals surface area contributed by atoms with Gasteiger partial charge in [-0.2, -0.15) is 0 Å². The van der Waals surface area contributed by atoms with E-state index in [2.05, 4.69) is 45.0 Å². The third-order valence-corrected chi connectivity index (χ3v) is 4.09. The van der Waals surface area contributed by atoms with Gasteiger partial charge in [-0.1, -0.05) is 62.9 Å².